The van der Waals surface area contributed by atoms with E-state index in [1.54, 1.807) is 11.8 Å². The van der Waals surface area contributed by atoms with Crippen LogP contribution in [-0.4, -0.2) is 34.8 Å². The van der Waals surface area contributed by atoms with Crippen LogP contribution in [0, 0.1) is 0 Å². The van der Waals surface area contributed by atoms with Crippen molar-refractivity contribution in [2.45, 2.75) is 16.9 Å². The summed E-state index contributed by atoms with van der Waals surface area (Å²) in [7, 11) is 0. The molecule has 2 aromatic rings. The van der Waals surface area contributed by atoms with Crippen LogP contribution in [0.5, 0.6) is 0 Å². The number of H-pyrrole nitrogens is 1. The molecular weight excluding hydrogens is 248 g/mol. The molecule has 1 aromatic heterocycles. The third kappa shape index (κ3) is 2.29. The minimum absolute atomic E-state index is 0.324. The average molecular weight is 264 g/mol. The fraction of sp³-hybridized carbons (Fsp3) is 0.308. The highest BCUT2D eigenvalue weighted by Crippen LogP contribution is 2.28. The zero-order valence-corrected chi connectivity index (χ0v) is 11.0. The average Bonchev–Trinajstić information content (AvgIpc) is 2.81. The maximum absolute atomic E-state index is 10.9. The molecular formula is C13H16N2O2S. The first-order valence-electron chi connectivity index (χ1n) is 5.62. The highest BCUT2D eigenvalue weighted by molar-refractivity contribution is 7.98. The number of rotatable bonds is 5. The number of aromatic nitrogens is 1. The fourth-order valence-corrected chi connectivity index (χ4v) is 2.58. The van der Waals surface area contributed by atoms with Gasteiger partial charge in [0.15, 0.2) is 0 Å². The Hall–Kier alpha value is -1.30. The van der Waals surface area contributed by atoms with E-state index in [-0.39, 0.29) is 6.61 Å². The lowest BCUT2D eigenvalue weighted by atomic mass is 9.94. The van der Waals surface area contributed by atoms with E-state index in [0.29, 0.717) is 12.7 Å². The maximum Gasteiger partial charge on any atom is 0.142 e. The Morgan fingerprint density at radius 1 is 1.56 bits per heavy atom. The molecule has 1 aromatic carbocycles. The molecule has 96 valence electrons. The lowest BCUT2D eigenvalue weighted by molar-refractivity contribution is -0.113. The van der Waals surface area contributed by atoms with Crippen LogP contribution in [0.2, 0.25) is 0 Å². The maximum atomic E-state index is 10.9. The zero-order valence-electron chi connectivity index (χ0n) is 10.1. The number of hydrogen-bond acceptors (Lipinski definition) is 4. The van der Waals surface area contributed by atoms with Gasteiger partial charge in [0.25, 0.3) is 0 Å². The molecule has 0 radical (unpaired) electrons. The molecule has 2 rings (SSSR count). The number of carbonyl (C=O) groups excluding carboxylic acids is 1. The van der Waals surface area contributed by atoms with E-state index < -0.39 is 5.54 Å². The summed E-state index contributed by atoms with van der Waals surface area (Å²) < 4.78 is 0. The van der Waals surface area contributed by atoms with Crippen molar-refractivity contribution >= 4 is 29.0 Å². The normalized spacial score (nSPS) is 14.6. The monoisotopic (exact) mass is 264 g/mol. The summed E-state index contributed by atoms with van der Waals surface area (Å²) in [6, 6.07) is 6.00. The van der Waals surface area contributed by atoms with Gasteiger partial charge in [-0.3, -0.25) is 0 Å². The largest absolute Gasteiger partial charge is 0.394 e. The third-order valence-electron chi connectivity index (χ3n) is 3.03. The van der Waals surface area contributed by atoms with Gasteiger partial charge < -0.3 is 20.6 Å². The lowest BCUT2D eigenvalue weighted by Crippen LogP contribution is -2.47. The second-order valence-corrected chi connectivity index (χ2v) is 5.23. The molecule has 0 amide bonds. The molecule has 0 aliphatic heterocycles. The number of thioether (sulfide) groups is 1. The molecule has 4 N–H and O–H groups in total. The molecule has 0 bridgehead atoms. The van der Waals surface area contributed by atoms with Gasteiger partial charge in [-0.25, -0.2) is 0 Å². The van der Waals surface area contributed by atoms with Crippen LogP contribution in [0.4, 0.5) is 0 Å². The molecule has 18 heavy (non-hydrogen) atoms. The molecule has 0 saturated carbocycles. The quantitative estimate of drug-likeness (QED) is 0.562. The molecule has 0 unspecified atom stereocenters. The van der Waals surface area contributed by atoms with Gasteiger partial charge in [-0.05, 0) is 17.9 Å². The Bertz CT molecular complexity index is 567. The van der Waals surface area contributed by atoms with Crippen molar-refractivity contribution in [2.24, 2.45) is 5.73 Å². The van der Waals surface area contributed by atoms with E-state index in [0.717, 1.165) is 21.4 Å². The number of aliphatic hydroxyl groups is 1. The molecule has 4 nitrogen and oxygen atoms in total. The van der Waals surface area contributed by atoms with Gasteiger partial charge in [0.2, 0.25) is 0 Å². The Balaban J connectivity index is 2.44. The molecule has 0 saturated heterocycles. The van der Waals surface area contributed by atoms with Gasteiger partial charge in [0, 0.05) is 22.9 Å². The Labute approximate surface area is 110 Å². The summed E-state index contributed by atoms with van der Waals surface area (Å²) >= 11 is 1.66. The van der Waals surface area contributed by atoms with Gasteiger partial charge in [-0.2, -0.15) is 0 Å². The van der Waals surface area contributed by atoms with Crippen molar-refractivity contribution < 1.29 is 9.90 Å². The van der Waals surface area contributed by atoms with Crippen LogP contribution < -0.4 is 5.73 Å². The van der Waals surface area contributed by atoms with Gasteiger partial charge in [-0.1, -0.05) is 12.1 Å². The van der Waals surface area contributed by atoms with Crippen molar-refractivity contribution in [1.29, 1.82) is 0 Å². The van der Waals surface area contributed by atoms with Gasteiger partial charge >= 0.3 is 0 Å². The smallest absolute Gasteiger partial charge is 0.142 e. The SMILES string of the molecule is CSc1cccc2c(C[C@](N)(C=O)CO)c[nH]c12. The lowest BCUT2D eigenvalue weighted by Gasteiger charge is -2.19. The number of aromatic amines is 1. The molecule has 0 aliphatic rings. The Kier molecular flexibility index (Phi) is 3.75. The van der Waals surface area contributed by atoms with Crippen molar-refractivity contribution in [3.05, 3.63) is 30.0 Å². The number of carbonyl (C=O) groups is 1. The standard InChI is InChI=1S/C13H16N2O2S/c1-18-11-4-2-3-10-9(6-15-12(10)11)5-13(14,7-16)8-17/h2-4,6-7,15,17H,5,8,14H2,1H3/t13-/m0/s1. The number of aliphatic hydroxyl groups excluding tert-OH is 1. The van der Waals surface area contributed by atoms with Crippen LogP contribution in [0.3, 0.4) is 0 Å². The summed E-state index contributed by atoms with van der Waals surface area (Å²) in [6.45, 7) is -0.356. The van der Waals surface area contributed by atoms with Gasteiger partial charge in [0.1, 0.15) is 6.29 Å². The summed E-state index contributed by atoms with van der Waals surface area (Å²) in [6.07, 6.45) is 4.81. The van der Waals surface area contributed by atoms with Crippen LogP contribution in [-0.2, 0) is 11.2 Å². The van der Waals surface area contributed by atoms with Crippen LogP contribution >= 0.6 is 11.8 Å². The van der Waals surface area contributed by atoms with Crippen LogP contribution in [0.25, 0.3) is 10.9 Å². The topological polar surface area (TPSA) is 79.1 Å². The van der Waals surface area contributed by atoms with E-state index in [4.69, 9.17) is 5.73 Å². The molecule has 0 fully saturated rings. The second-order valence-electron chi connectivity index (χ2n) is 4.38. The first-order valence-corrected chi connectivity index (χ1v) is 6.85. The molecule has 5 heteroatoms. The van der Waals surface area contributed by atoms with E-state index in [1.165, 1.54) is 0 Å². The van der Waals surface area contributed by atoms with E-state index >= 15 is 0 Å². The van der Waals surface area contributed by atoms with Gasteiger partial charge in [-0.15, -0.1) is 11.8 Å². The number of nitrogens with one attached hydrogen (secondary N) is 1. The summed E-state index contributed by atoms with van der Waals surface area (Å²) in [5, 5.41) is 10.2. The minimum atomic E-state index is -1.20. The van der Waals surface area contributed by atoms with Crippen molar-refractivity contribution in [1.82, 2.24) is 4.98 Å². The Morgan fingerprint density at radius 2 is 2.33 bits per heavy atom. The number of benzene rings is 1. The number of para-hydroxylation sites is 1. The van der Waals surface area contributed by atoms with Crippen LogP contribution in [0.15, 0.2) is 29.3 Å². The highest BCUT2D eigenvalue weighted by Gasteiger charge is 2.25. The predicted octanol–water partition coefficient (Wildman–Crippen LogP) is 1.32. The summed E-state index contributed by atoms with van der Waals surface area (Å²) in [4.78, 5) is 15.3. The number of aldehydes is 1. The Morgan fingerprint density at radius 3 is 2.94 bits per heavy atom. The van der Waals surface area contributed by atoms with E-state index in [2.05, 4.69) is 4.98 Å². The second kappa shape index (κ2) is 5.14. The van der Waals surface area contributed by atoms with Gasteiger partial charge in [0.05, 0.1) is 17.7 Å². The highest BCUT2D eigenvalue weighted by atomic mass is 32.2. The fourth-order valence-electron chi connectivity index (χ4n) is 1.99. The molecule has 0 spiro atoms. The molecule has 1 atom stereocenters. The molecule has 0 aliphatic carbocycles. The summed E-state index contributed by atoms with van der Waals surface area (Å²) in [5.74, 6) is 0. The third-order valence-corrected chi connectivity index (χ3v) is 3.81. The number of nitrogens with two attached hydrogens (primary N) is 1. The number of hydrogen-bond donors (Lipinski definition) is 3. The van der Waals surface area contributed by atoms with Crippen molar-refractivity contribution in [2.75, 3.05) is 12.9 Å². The summed E-state index contributed by atoms with van der Waals surface area (Å²) in [5.41, 5.74) is 6.60. The van der Waals surface area contributed by atoms with Crippen LogP contribution in [0.1, 0.15) is 5.56 Å². The van der Waals surface area contributed by atoms with Crippen molar-refractivity contribution in [3.63, 3.8) is 0 Å². The van der Waals surface area contributed by atoms with E-state index in [9.17, 15) is 9.90 Å². The number of fused-ring (bicyclic) bond motifs is 1. The minimum Gasteiger partial charge on any atom is -0.394 e. The zero-order chi connectivity index (χ0) is 13.2. The van der Waals surface area contributed by atoms with E-state index in [1.807, 2.05) is 30.7 Å². The first-order chi connectivity index (χ1) is 8.63. The predicted molar refractivity (Wildman–Crippen MR) is 73.9 cm³/mol. The van der Waals surface area contributed by atoms with Crippen molar-refractivity contribution in [3.8, 4) is 0 Å². The molecule has 1 heterocycles. The first kappa shape index (κ1) is 13.1.